The van der Waals surface area contributed by atoms with Crippen molar-refractivity contribution in [3.8, 4) is 0 Å². The fourth-order valence-electron chi connectivity index (χ4n) is 3.80. The van der Waals surface area contributed by atoms with E-state index < -0.39 is 0 Å². The van der Waals surface area contributed by atoms with E-state index in [1.165, 1.54) is 25.8 Å². The molecule has 1 saturated carbocycles. The minimum absolute atomic E-state index is 0.0229. The molecule has 2 aliphatic rings. The number of aliphatic hydroxyl groups is 1. The third-order valence-electron chi connectivity index (χ3n) is 5.47. The minimum atomic E-state index is -0.235. The van der Waals surface area contributed by atoms with Crippen LogP contribution in [0.25, 0.3) is 0 Å². The largest absolute Gasteiger partial charge is 0.393 e. The number of carbonyl (C=O) groups is 1. The van der Waals surface area contributed by atoms with Crippen molar-refractivity contribution in [3.63, 3.8) is 0 Å². The Bertz CT molecular complexity index is 356. The van der Waals surface area contributed by atoms with Gasteiger partial charge in [0.25, 0.3) is 0 Å². The maximum Gasteiger partial charge on any atom is 0.317 e. The summed E-state index contributed by atoms with van der Waals surface area (Å²) >= 11 is 0. The van der Waals surface area contributed by atoms with Gasteiger partial charge in [-0.1, -0.05) is 26.2 Å². The molecule has 0 radical (unpaired) electrons. The van der Waals surface area contributed by atoms with Crippen LogP contribution in [0.5, 0.6) is 0 Å². The van der Waals surface area contributed by atoms with Gasteiger partial charge in [0.1, 0.15) is 0 Å². The van der Waals surface area contributed by atoms with Crippen LogP contribution in [0.1, 0.15) is 58.3 Å². The highest BCUT2D eigenvalue weighted by Crippen LogP contribution is 2.25. The molecule has 2 rings (SSSR count). The van der Waals surface area contributed by atoms with Crippen molar-refractivity contribution >= 4 is 6.03 Å². The van der Waals surface area contributed by atoms with Gasteiger partial charge in [-0.2, -0.15) is 0 Å². The number of urea groups is 1. The zero-order valence-electron chi connectivity index (χ0n) is 15.0. The van der Waals surface area contributed by atoms with Crippen molar-refractivity contribution in [2.45, 2.75) is 70.4 Å². The van der Waals surface area contributed by atoms with Gasteiger partial charge in [-0.05, 0) is 38.6 Å². The van der Waals surface area contributed by atoms with E-state index in [1.807, 2.05) is 7.05 Å². The molecule has 1 heterocycles. The van der Waals surface area contributed by atoms with E-state index in [0.29, 0.717) is 12.6 Å². The lowest BCUT2D eigenvalue weighted by atomic mass is 9.86. The number of carbonyl (C=O) groups excluding carboxylic acids is 1. The SMILES string of the molecule is CCCCN1CCC(NC(=O)N(C)CC2CCCCC2O)CC1. The summed E-state index contributed by atoms with van der Waals surface area (Å²) in [7, 11) is 1.85. The fourth-order valence-corrected chi connectivity index (χ4v) is 3.80. The molecule has 1 aliphatic carbocycles. The Hall–Kier alpha value is -0.810. The standard InChI is InChI=1S/C18H35N3O2/c1-3-4-11-21-12-9-16(10-13-21)19-18(23)20(2)14-15-7-5-6-8-17(15)22/h15-17,22H,3-14H2,1-2H3,(H,19,23). The number of rotatable bonds is 6. The first kappa shape index (κ1) is 18.5. The lowest BCUT2D eigenvalue weighted by Gasteiger charge is -2.34. The summed E-state index contributed by atoms with van der Waals surface area (Å²) in [5.74, 6) is 0.246. The highest BCUT2D eigenvalue weighted by molar-refractivity contribution is 5.74. The number of aliphatic hydroxyl groups excluding tert-OH is 1. The van der Waals surface area contributed by atoms with Gasteiger partial charge in [0.05, 0.1) is 6.10 Å². The Morgan fingerprint density at radius 2 is 1.91 bits per heavy atom. The van der Waals surface area contributed by atoms with Crippen LogP contribution in [0.15, 0.2) is 0 Å². The number of amides is 2. The number of likely N-dealkylation sites (tertiary alicyclic amines) is 1. The molecule has 0 aromatic heterocycles. The molecule has 134 valence electrons. The number of unbranched alkanes of at least 4 members (excludes halogenated alkanes) is 1. The Morgan fingerprint density at radius 3 is 2.57 bits per heavy atom. The number of nitrogens with zero attached hydrogens (tertiary/aromatic N) is 2. The van der Waals surface area contributed by atoms with Gasteiger partial charge >= 0.3 is 6.03 Å². The molecule has 0 aromatic rings. The predicted octanol–water partition coefficient (Wildman–Crippen LogP) is 2.44. The summed E-state index contributed by atoms with van der Waals surface area (Å²) in [5.41, 5.74) is 0. The Labute approximate surface area is 141 Å². The summed E-state index contributed by atoms with van der Waals surface area (Å²) in [6.07, 6.45) is 8.59. The van der Waals surface area contributed by atoms with Crippen molar-refractivity contribution < 1.29 is 9.90 Å². The Balaban J connectivity index is 1.67. The zero-order chi connectivity index (χ0) is 16.7. The van der Waals surface area contributed by atoms with Crippen LogP contribution in [0.3, 0.4) is 0 Å². The molecule has 2 amide bonds. The van der Waals surface area contributed by atoms with Gasteiger partial charge in [0.15, 0.2) is 0 Å². The quantitative estimate of drug-likeness (QED) is 0.789. The molecule has 1 saturated heterocycles. The summed E-state index contributed by atoms with van der Waals surface area (Å²) in [5, 5.41) is 13.2. The van der Waals surface area contributed by atoms with Gasteiger partial charge in [-0.3, -0.25) is 0 Å². The van der Waals surface area contributed by atoms with Crippen LogP contribution in [-0.2, 0) is 0 Å². The lowest BCUT2D eigenvalue weighted by molar-refractivity contribution is 0.0560. The molecule has 23 heavy (non-hydrogen) atoms. The maximum absolute atomic E-state index is 12.4. The van der Waals surface area contributed by atoms with Gasteiger partial charge in [-0.15, -0.1) is 0 Å². The first-order chi connectivity index (χ1) is 11.1. The van der Waals surface area contributed by atoms with Crippen molar-refractivity contribution in [2.75, 3.05) is 33.2 Å². The lowest BCUT2D eigenvalue weighted by Crippen LogP contribution is -2.50. The zero-order valence-corrected chi connectivity index (χ0v) is 15.0. The average molecular weight is 325 g/mol. The second kappa shape index (κ2) is 9.48. The normalized spacial score (nSPS) is 26.9. The third kappa shape index (κ3) is 5.96. The first-order valence-electron chi connectivity index (χ1n) is 9.52. The topological polar surface area (TPSA) is 55.8 Å². The molecular weight excluding hydrogens is 290 g/mol. The van der Waals surface area contributed by atoms with Crippen molar-refractivity contribution in [1.29, 1.82) is 0 Å². The monoisotopic (exact) mass is 325 g/mol. The summed E-state index contributed by atoms with van der Waals surface area (Å²) in [4.78, 5) is 16.6. The van der Waals surface area contributed by atoms with Crippen LogP contribution >= 0.6 is 0 Å². The van der Waals surface area contributed by atoms with Crippen LogP contribution in [0, 0.1) is 5.92 Å². The van der Waals surface area contributed by atoms with E-state index in [9.17, 15) is 9.90 Å². The average Bonchev–Trinajstić information content (AvgIpc) is 2.56. The molecule has 2 N–H and O–H groups in total. The number of nitrogens with one attached hydrogen (secondary N) is 1. The van der Waals surface area contributed by atoms with Gasteiger partial charge in [-0.25, -0.2) is 4.79 Å². The van der Waals surface area contributed by atoms with Gasteiger partial charge < -0.3 is 20.2 Å². The molecule has 1 aliphatic heterocycles. The predicted molar refractivity (Wildman–Crippen MR) is 93.5 cm³/mol. The number of hydrogen-bond acceptors (Lipinski definition) is 3. The van der Waals surface area contributed by atoms with E-state index in [0.717, 1.165) is 45.2 Å². The van der Waals surface area contributed by atoms with E-state index in [1.54, 1.807) is 4.90 Å². The number of hydrogen-bond donors (Lipinski definition) is 2. The molecule has 5 heteroatoms. The van der Waals surface area contributed by atoms with Crippen molar-refractivity contribution in [1.82, 2.24) is 15.1 Å². The molecule has 0 bridgehead atoms. The highest BCUT2D eigenvalue weighted by atomic mass is 16.3. The maximum atomic E-state index is 12.4. The first-order valence-corrected chi connectivity index (χ1v) is 9.52. The molecule has 2 unspecified atom stereocenters. The second-order valence-corrected chi connectivity index (χ2v) is 7.41. The highest BCUT2D eigenvalue weighted by Gasteiger charge is 2.27. The fraction of sp³-hybridized carbons (Fsp3) is 0.944. The summed E-state index contributed by atoms with van der Waals surface area (Å²) in [6, 6.07) is 0.328. The van der Waals surface area contributed by atoms with Crippen LogP contribution < -0.4 is 5.32 Å². The van der Waals surface area contributed by atoms with E-state index >= 15 is 0 Å². The van der Waals surface area contributed by atoms with E-state index in [2.05, 4.69) is 17.1 Å². The minimum Gasteiger partial charge on any atom is -0.393 e. The summed E-state index contributed by atoms with van der Waals surface area (Å²) < 4.78 is 0. The molecular formula is C18H35N3O2. The Morgan fingerprint density at radius 1 is 1.22 bits per heavy atom. The van der Waals surface area contributed by atoms with Crippen LogP contribution in [0.4, 0.5) is 4.79 Å². The summed E-state index contributed by atoms with van der Waals surface area (Å²) in [6.45, 7) is 6.27. The van der Waals surface area contributed by atoms with Crippen molar-refractivity contribution in [3.05, 3.63) is 0 Å². The van der Waals surface area contributed by atoms with Crippen molar-refractivity contribution in [2.24, 2.45) is 5.92 Å². The van der Waals surface area contributed by atoms with E-state index in [4.69, 9.17) is 0 Å². The van der Waals surface area contributed by atoms with Gasteiger partial charge in [0.2, 0.25) is 0 Å². The van der Waals surface area contributed by atoms with Crippen LogP contribution in [-0.4, -0.2) is 66.3 Å². The Kier molecular flexibility index (Phi) is 7.63. The molecule has 5 nitrogen and oxygen atoms in total. The molecule has 2 fully saturated rings. The van der Waals surface area contributed by atoms with E-state index in [-0.39, 0.29) is 18.1 Å². The van der Waals surface area contributed by atoms with Crippen LogP contribution in [0.2, 0.25) is 0 Å². The molecule has 0 spiro atoms. The third-order valence-corrected chi connectivity index (χ3v) is 5.47. The smallest absolute Gasteiger partial charge is 0.317 e. The number of piperidine rings is 1. The molecule has 2 atom stereocenters. The second-order valence-electron chi connectivity index (χ2n) is 7.41. The van der Waals surface area contributed by atoms with Gasteiger partial charge in [0, 0.05) is 38.6 Å². The molecule has 0 aromatic carbocycles.